The van der Waals surface area contributed by atoms with Gasteiger partial charge in [-0.3, -0.25) is 0 Å². The molecule has 1 heterocycles. The van der Waals surface area contributed by atoms with Crippen LogP contribution in [0.3, 0.4) is 0 Å². The van der Waals surface area contributed by atoms with Crippen molar-refractivity contribution in [1.29, 1.82) is 0 Å². The minimum Gasteiger partial charge on any atom is -0.546 e. The van der Waals surface area contributed by atoms with Gasteiger partial charge < -0.3 is 19.4 Å². The summed E-state index contributed by atoms with van der Waals surface area (Å²) in [5.74, 6) is -0.712. The highest BCUT2D eigenvalue weighted by molar-refractivity contribution is 5.66. The Labute approximate surface area is 112 Å². The highest BCUT2D eigenvalue weighted by Gasteiger charge is 2.25. The first-order chi connectivity index (χ1) is 9.06. The number of benzene rings is 1. The van der Waals surface area contributed by atoms with E-state index in [0.29, 0.717) is 5.75 Å². The molecule has 1 aliphatic rings. The molecule has 102 valence electrons. The standard InChI is InChI=1S/C15H18O4/c1-10-7-11(2)19-14(8-10)12-5-3-4-6-13(12)18-9-15(16)17/h3-6,11,14H,1,7-9H2,2H3,(H,16,17)/p-1/t11-,14-/m1/s1. The summed E-state index contributed by atoms with van der Waals surface area (Å²) in [5, 5.41) is 10.5. The fourth-order valence-corrected chi connectivity index (χ4v) is 2.33. The molecule has 4 heteroatoms. The van der Waals surface area contributed by atoms with Crippen LogP contribution in [0.5, 0.6) is 5.75 Å². The van der Waals surface area contributed by atoms with Crippen molar-refractivity contribution >= 4 is 5.97 Å². The number of aliphatic carboxylic acids is 1. The van der Waals surface area contributed by atoms with Crippen molar-refractivity contribution in [3.8, 4) is 5.75 Å². The number of carboxylic acids is 1. The topological polar surface area (TPSA) is 58.6 Å². The molecule has 0 bridgehead atoms. The lowest BCUT2D eigenvalue weighted by atomic mass is 9.95. The van der Waals surface area contributed by atoms with Crippen LogP contribution < -0.4 is 9.84 Å². The number of carboxylic acid groups (broad SMARTS) is 1. The maximum Gasteiger partial charge on any atom is 0.128 e. The summed E-state index contributed by atoms with van der Waals surface area (Å²) >= 11 is 0. The molecule has 2 rings (SSSR count). The summed E-state index contributed by atoms with van der Waals surface area (Å²) in [6, 6.07) is 7.31. The van der Waals surface area contributed by atoms with Crippen LogP contribution in [0, 0.1) is 0 Å². The molecule has 1 aliphatic heterocycles. The molecule has 1 aromatic carbocycles. The van der Waals surface area contributed by atoms with E-state index in [-0.39, 0.29) is 12.2 Å². The maximum absolute atomic E-state index is 10.5. The van der Waals surface area contributed by atoms with Gasteiger partial charge in [-0.2, -0.15) is 0 Å². The first-order valence-corrected chi connectivity index (χ1v) is 6.30. The van der Waals surface area contributed by atoms with Crippen LogP contribution in [0.25, 0.3) is 0 Å². The van der Waals surface area contributed by atoms with Gasteiger partial charge >= 0.3 is 0 Å². The Kier molecular flexibility index (Phi) is 4.22. The molecule has 2 atom stereocenters. The third-order valence-electron chi connectivity index (χ3n) is 3.06. The molecule has 0 unspecified atom stereocenters. The average molecular weight is 261 g/mol. The minimum atomic E-state index is -1.24. The molecule has 1 fully saturated rings. The van der Waals surface area contributed by atoms with Gasteiger partial charge in [-0.05, 0) is 25.8 Å². The van der Waals surface area contributed by atoms with Crippen LogP contribution in [0.1, 0.15) is 31.4 Å². The fraction of sp³-hybridized carbons (Fsp3) is 0.400. The quantitative estimate of drug-likeness (QED) is 0.773. The Morgan fingerprint density at radius 3 is 2.89 bits per heavy atom. The number of para-hydroxylation sites is 1. The number of hydrogen-bond acceptors (Lipinski definition) is 4. The molecule has 1 aromatic rings. The van der Waals surface area contributed by atoms with Gasteiger partial charge in [0.1, 0.15) is 12.4 Å². The van der Waals surface area contributed by atoms with E-state index in [4.69, 9.17) is 9.47 Å². The van der Waals surface area contributed by atoms with Crippen molar-refractivity contribution in [3.05, 3.63) is 42.0 Å². The van der Waals surface area contributed by atoms with Gasteiger partial charge in [0.25, 0.3) is 0 Å². The first kappa shape index (κ1) is 13.6. The van der Waals surface area contributed by atoms with Crippen molar-refractivity contribution in [2.75, 3.05) is 6.61 Å². The van der Waals surface area contributed by atoms with E-state index in [2.05, 4.69) is 6.58 Å². The lowest BCUT2D eigenvalue weighted by molar-refractivity contribution is -0.307. The summed E-state index contributed by atoms with van der Waals surface area (Å²) in [4.78, 5) is 10.5. The second-order valence-corrected chi connectivity index (χ2v) is 4.79. The van der Waals surface area contributed by atoms with Crippen molar-refractivity contribution in [2.24, 2.45) is 0 Å². The van der Waals surface area contributed by atoms with E-state index in [1.165, 1.54) is 0 Å². The van der Waals surface area contributed by atoms with Gasteiger partial charge in [0.2, 0.25) is 0 Å². The zero-order chi connectivity index (χ0) is 13.8. The van der Waals surface area contributed by atoms with Gasteiger partial charge in [-0.25, -0.2) is 0 Å². The number of carbonyl (C=O) groups excluding carboxylic acids is 1. The van der Waals surface area contributed by atoms with E-state index in [1.54, 1.807) is 12.1 Å². The van der Waals surface area contributed by atoms with E-state index >= 15 is 0 Å². The normalized spacial score (nSPS) is 23.1. The van der Waals surface area contributed by atoms with Gasteiger partial charge in [-0.15, -0.1) is 0 Å². The van der Waals surface area contributed by atoms with Crippen LogP contribution in [-0.4, -0.2) is 18.7 Å². The number of hydrogen-bond donors (Lipinski definition) is 0. The molecule has 0 radical (unpaired) electrons. The molecule has 0 aliphatic carbocycles. The zero-order valence-electron chi connectivity index (χ0n) is 10.9. The lowest BCUT2D eigenvalue weighted by Crippen LogP contribution is -2.29. The summed E-state index contributed by atoms with van der Waals surface area (Å²) < 4.78 is 11.1. The molecule has 0 aromatic heterocycles. The lowest BCUT2D eigenvalue weighted by Gasteiger charge is -2.30. The Morgan fingerprint density at radius 1 is 1.47 bits per heavy atom. The molecule has 0 saturated carbocycles. The second-order valence-electron chi connectivity index (χ2n) is 4.79. The summed E-state index contributed by atoms with van der Waals surface area (Å²) in [6.07, 6.45) is 1.57. The van der Waals surface area contributed by atoms with Crippen molar-refractivity contribution in [3.63, 3.8) is 0 Å². The third-order valence-corrected chi connectivity index (χ3v) is 3.06. The Balaban J connectivity index is 2.18. The Hall–Kier alpha value is -1.81. The molecule has 0 amide bonds. The predicted octanol–water partition coefficient (Wildman–Crippen LogP) is 1.61. The van der Waals surface area contributed by atoms with Gasteiger partial charge in [0.15, 0.2) is 0 Å². The van der Waals surface area contributed by atoms with E-state index in [9.17, 15) is 9.90 Å². The van der Waals surface area contributed by atoms with Gasteiger partial charge in [0, 0.05) is 5.56 Å². The van der Waals surface area contributed by atoms with Crippen LogP contribution in [-0.2, 0) is 9.53 Å². The van der Waals surface area contributed by atoms with E-state index in [1.807, 2.05) is 19.1 Å². The Morgan fingerprint density at radius 2 is 2.21 bits per heavy atom. The fourth-order valence-electron chi connectivity index (χ4n) is 2.33. The van der Waals surface area contributed by atoms with Gasteiger partial charge in [-0.1, -0.05) is 30.4 Å². The predicted molar refractivity (Wildman–Crippen MR) is 68.6 cm³/mol. The molecule has 0 spiro atoms. The molecular weight excluding hydrogens is 244 g/mol. The number of carbonyl (C=O) groups is 1. The van der Waals surface area contributed by atoms with E-state index in [0.717, 1.165) is 24.0 Å². The van der Waals surface area contributed by atoms with Crippen LogP contribution in [0.15, 0.2) is 36.4 Å². The summed E-state index contributed by atoms with van der Waals surface area (Å²) in [5.41, 5.74) is 2.00. The highest BCUT2D eigenvalue weighted by atomic mass is 16.5. The summed E-state index contributed by atoms with van der Waals surface area (Å²) in [6.45, 7) is 5.56. The highest BCUT2D eigenvalue weighted by Crippen LogP contribution is 2.37. The first-order valence-electron chi connectivity index (χ1n) is 6.30. The minimum absolute atomic E-state index is 0.112. The largest absolute Gasteiger partial charge is 0.546 e. The van der Waals surface area contributed by atoms with Crippen molar-refractivity contribution in [2.45, 2.75) is 32.0 Å². The Bertz CT molecular complexity index is 481. The molecule has 1 saturated heterocycles. The molecular formula is C15H17O4-. The second kappa shape index (κ2) is 5.89. The van der Waals surface area contributed by atoms with Crippen LogP contribution in [0.4, 0.5) is 0 Å². The average Bonchev–Trinajstić information content (AvgIpc) is 2.35. The number of ether oxygens (including phenoxy) is 2. The molecule has 4 nitrogen and oxygen atoms in total. The van der Waals surface area contributed by atoms with Gasteiger partial charge in [0.05, 0.1) is 18.2 Å². The number of rotatable bonds is 4. The maximum atomic E-state index is 10.5. The zero-order valence-corrected chi connectivity index (χ0v) is 10.9. The van der Waals surface area contributed by atoms with E-state index < -0.39 is 12.6 Å². The SMILES string of the molecule is C=C1C[C@@H](C)O[C@@H](c2ccccc2OCC(=O)[O-])C1. The van der Waals surface area contributed by atoms with Crippen LogP contribution >= 0.6 is 0 Å². The molecule has 0 N–H and O–H groups in total. The summed E-state index contributed by atoms with van der Waals surface area (Å²) in [7, 11) is 0. The third kappa shape index (κ3) is 3.58. The smallest absolute Gasteiger partial charge is 0.128 e. The van der Waals surface area contributed by atoms with Crippen molar-refractivity contribution in [1.82, 2.24) is 0 Å². The van der Waals surface area contributed by atoms with Crippen LogP contribution in [0.2, 0.25) is 0 Å². The molecule has 19 heavy (non-hydrogen) atoms. The van der Waals surface area contributed by atoms with Crippen molar-refractivity contribution < 1.29 is 19.4 Å². The monoisotopic (exact) mass is 261 g/mol.